The van der Waals surface area contributed by atoms with E-state index in [9.17, 15) is 0 Å². The van der Waals surface area contributed by atoms with Crippen molar-refractivity contribution < 1.29 is 4.74 Å². The summed E-state index contributed by atoms with van der Waals surface area (Å²) in [6, 6.07) is 0. The highest BCUT2D eigenvalue weighted by molar-refractivity contribution is 5.03. The van der Waals surface area contributed by atoms with Crippen molar-refractivity contribution in [3.8, 4) is 0 Å². The molecule has 3 rings (SSSR count). The van der Waals surface area contributed by atoms with E-state index in [-0.39, 0.29) is 0 Å². The van der Waals surface area contributed by atoms with Crippen LogP contribution >= 0.6 is 0 Å². The van der Waals surface area contributed by atoms with E-state index in [1.807, 2.05) is 0 Å². The zero-order valence-electron chi connectivity index (χ0n) is 8.05. The zero-order valence-corrected chi connectivity index (χ0v) is 8.05. The van der Waals surface area contributed by atoms with E-state index in [2.05, 4.69) is 13.8 Å². The molecule has 0 spiro atoms. The van der Waals surface area contributed by atoms with Gasteiger partial charge >= 0.3 is 0 Å². The van der Waals surface area contributed by atoms with Crippen LogP contribution in [0.2, 0.25) is 0 Å². The summed E-state index contributed by atoms with van der Waals surface area (Å²) in [5.41, 5.74) is 0.611. The average Bonchev–Trinajstić information content (AvgIpc) is 2.54. The van der Waals surface area contributed by atoms with Gasteiger partial charge in [0, 0.05) is 0 Å². The lowest BCUT2D eigenvalue weighted by atomic mass is 9.82. The van der Waals surface area contributed by atoms with Gasteiger partial charge in [0.25, 0.3) is 0 Å². The van der Waals surface area contributed by atoms with Crippen LogP contribution in [0.25, 0.3) is 0 Å². The Morgan fingerprint density at radius 2 is 1.50 bits per heavy atom. The molecule has 2 heterocycles. The maximum atomic E-state index is 5.93. The molecule has 1 saturated carbocycles. The Morgan fingerprint density at radius 3 is 2.00 bits per heavy atom. The lowest BCUT2D eigenvalue weighted by molar-refractivity contribution is 0.0697. The maximum Gasteiger partial charge on any atom is 0.0612 e. The van der Waals surface area contributed by atoms with Crippen molar-refractivity contribution in [3.63, 3.8) is 0 Å². The average molecular weight is 166 g/mol. The van der Waals surface area contributed by atoms with Crippen LogP contribution in [0.5, 0.6) is 0 Å². The Labute approximate surface area is 74.5 Å². The molecule has 4 unspecified atom stereocenters. The highest BCUT2D eigenvalue weighted by Crippen LogP contribution is 2.57. The van der Waals surface area contributed by atoms with Crippen molar-refractivity contribution in [2.24, 2.45) is 17.3 Å². The number of fused-ring (bicyclic) bond motifs is 5. The largest absolute Gasteiger partial charge is 0.374 e. The zero-order chi connectivity index (χ0) is 8.34. The predicted octanol–water partition coefficient (Wildman–Crippen LogP) is 2.60. The van der Waals surface area contributed by atoms with Gasteiger partial charge in [-0.25, -0.2) is 0 Å². The van der Waals surface area contributed by atoms with Crippen molar-refractivity contribution in [2.45, 2.75) is 51.7 Å². The molecule has 0 N–H and O–H groups in total. The van der Waals surface area contributed by atoms with Crippen LogP contribution in [0.4, 0.5) is 0 Å². The summed E-state index contributed by atoms with van der Waals surface area (Å²) in [7, 11) is 0. The van der Waals surface area contributed by atoms with Crippen molar-refractivity contribution in [1.29, 1.82) is 0 Å². The number of hydrogen-bond acceptors (Lipinski definition) is 1. The Morgan fingerprint density at radius 1 is 1.00 bits per heavy atom. The topological polar surface area (TPSA) is 9.23 Å². The van der Waals surface area contributed by atoms with E-state index in [0.717, 1.165) is 11.8 Å². The second-order valence-electron chi connectivity index (χ2n) is 5.69. The first kappa shape index (κ1) is 7.37. The summed E-state index contributed by atoms with van der Waals surface area (Å²) in [4.78, 5) is 0. The highest BCUT2D eigenvalue weighted by atomic mass is 16.5. The Bertz CT molecular complexity index is 189. The molecule has 2 saturated heterocycles. The summed E-state index contributed by atoms with van der Waals surface area (Å²) in [6.07, 6.45) is 6.84. The molecule has 1 nitrogen and oxygen atoms in total. The van der Waals surface area contributed by atoms with Crippen LogP contribution in [0, 0.1) is 17.3 Å². The molecule has 1 aliphatic carbocycles. The summed E-state index contributed by atoms with van der Waals surface area (Å²) >= 11 is 0. The van der Waals surface area contributed by atoms with Gasteiger partial charge in [0.2, 0.25) is 0 Å². The van der Waals surface area contributed by atoms with Gasteiger partial charge in [-0.15, -0.1) is 0 Å². The van der Waals surface area contributed by atoms with Crippen LogP contribution in [0.15, 0.2) is 0 Å². The third-order valence-corrected chi connectivity index (χ3v) is 4.17. The molecule has 0 aromatic rings. The predicted molar refractivity (Wildman–Crippen MR) is 47.9 cm³/mol. The smallest absolute Gasteiger partial charge is 0.0612 e. The molecule has 0 aromatic heterocycles. The normalized spacial score (nSPS) is 54.5. The first-order valence-electron chi connectivity index (χ1n) is 5.31. The van der Waals surface area contributed by atoms with E-state index in [0.29, 0.717) is 17.6 Å². The van der Waals surface area contributed by atoms with Crippen LogP contribution in [0.3, 0.4) is 0 Å². The van der Waals surface area contributed by atoms with E-state index >= 15 is 0 Å². The lowest BCUT2D eigenvalue weighted by Gasteiger charge is -2.19. The van der Waals surface area contributed by atoms with Gasteiger partial charge in [0.1, 0.15) is 0 Å². The van der Waals surface area contributed by atoms with E-state index in [1.165, 1.54) is 25.7 Å². The van der Waals surface area contributed by atoms with Crippen LogP contribution in [-0.2, 0) is 4.74 Å². The van der Waals surface area contributed by atoms with Gasteiger partial charge in [-0.2, -0.15) is 0 Å². The van der Waals surface area contributed by atoms with Gasteiger partial charge in [-0.3, -0.25) is 0 Å². The number of rotatable bonds is 0. The summed E-state index contributed by atoms with van der Waals surface area (Å²) in [6.45, 7) is 4.84. The molecule has 2 bridgehead atoms. The molecular formula is C11H18O. The third-order valence-electron chi connectivity index (χ3n) is 4.17. The third kappa shape index (κ3) is 0.834. The second-order valence-corrected chi connectivity index (χ2v) is 5.69. The lowest BCUT2D eigenvalue weighted by Crippen LogP contribution is -2.21. The quantitative estimate of drug-likeness (QED) is 0.537. The summed E-state index contributed by atoms with van der Waals surface area (Å²) in [5, 5.41) is 0. The molecule has 0 radical (unpaired) electrons. The van der Waals surface area contributed by atoms with E-state index in [1.54, 1.807) is 0 Å². The minimum absolute atomic E-state index is 0.611. The highest BCUT2D eigenvalue weighted by Gasteiger charge is 2.55. The molecule has 1 heteroatoms. The Balaban J connectivity index is 1.87. The van der Waals surface area contributed by atoms with Gasteiger partial charge in [0.15, 0.2) is 0 Å². The first-order valence-corrected chi connectivity index (χ1v) is 5.31. The van der Waals surface area contributed by atoms with Crippen molar-refractivity contribution in [3.05, 3.63) is 0 Å². The Hall–Kier alpha value is -0.0400. The van der Waals surface area contributed by atoms with E-state index < -0.39 is 0 Å². The van der Waals surface area contributed by atoms with Crippen molar-refractivity contribution >= 4 is 0 Å². The molecule has 3 aliphatic rings. The van der Waals surface area contributed by atoms with Crippen molar-refractivity contribution in [1.82, 2.24) is 0 Å². The molecule has 0 aromatic carbocycles. The number of hydrogen-bond donors (Lipinski definition) is 0. The molecule has 0 amide bonds. The van der Waals surface area contributed by atoms with Crippen LogP contribution in [-0.4, -0.2) is 12.2 Å². The van der Waals surface area contributed by atoms with Gasteiger partial charge in [-0.05, 0) is 42.9 Å². The molecular weight excluding hydrogens is 148 g/mol. The Kier molecular flexibility index (Phi) is 1.27. The molecule has 12 heavy (non-hydrogen) atoms. The molecule has 2 aliphatic heterocycles. The minimum atomic E-state index is 0.611. The van der Waals surface area contributed by atoms with E-state index in [4.69, 9.17) is 4.74 Å². The molecule has 4 atom stereocenters. The van der Waals surface area contributed by atoms with Crippen molar-refractivity contribution in [2.75, 3.05) is 0 Å². The van der Waals surface area contributed by atoms with Gasteiger partial charge in [0.05, 0.1) is 12.2 Å². The molecule has 68 valence electrons. The fourth-order valence-electron chi connectivity index (χ4n) is 3.80. The first-order chi connectivity index (χ1) is 5.66. The maximum absolute atomic E-state index is 5.93. The number of ether oxygens (including phenoxy) is 1. The van der Waals surface area contributed by atoms with Crippen LogP contribution in [0.1, 0.15) is 39.5 Å². The molecule has 3 fully saturated rings. The fraction of sp³-hybridized carbons (Fsp3) is 1.00. The van der Waals surface area contributed by atoms with Crippen LogP contribution < -0.4 is 0 Å². The fourth-order valence-corrected chi connectivity index (χ4v) is 3.80. The summed E-state index contributed by atoms with van der Waals surface area (Å²) in [5.74, 6) is 1.86. The van der Waals surface area contributed by atoms with Gasteiger partial charge < -0.3 is 4.74 Å². The second kappa shape index (κ2) is 2.06. The minimum Gasteiger partial charge on any atom is -0.374 e. The van der Waals surface area contributed by atoms with Gasteiger partial charge in [-0.1, -0.05) is 13.8 Å². The SMILES string of the molecule is CC1(C)CC2C3CCC(O3)C2C1. The standard InChI is InChI=1S/C11H18O/c1-11(2)5-7-8(6-11)10-4-3-9(7)12-10/h7-10H,3-6H2,1-2H3. The summed E-state index contributed by atoms with van der Waals surface area (Å²) < 4.78 is 5.93. The monoisotopic (exact) mass is 166 g/mol.